The van der Waals surface area contributed by atoms with Crippen molar-refractivity contribution in [2.45, 2.75) is 31.9 Å². The van der Waals surface area contributed by atoms with Gasteiger partial charge < -0.3 is 15.4 Å². The molecule has 0 aliphatic carbocycles. The predicted molar refractivity (Wildman–Crippen MR) is 68.9 cm³/mol. The number of hydrogen-bond donors (Lipinski definition) is 1. The Bertz CT molecular complexity index is 467. The number of rotatable bonds is 1. The summed E-state index contributed by atoms with van der Waals surface area (Å²) in [5.74, 6) is 0.139. The van der Waals surface area contributed by atoms with E-state index in [1.165, 1.54) is 11.1 Å². The molecule has 18 heavy (non-hydrogen) atoms. The third kappa shape index (κ3) is 1.97. The summed E-state index contributed by atoms with van der Waals surface area (Å²) in [6.07, 6.45) is 2.49. The van der Waals surface area contributed by atoms with E-state index in [9.17, 15) is 4.79 Å². The van der Waals surface area contributed by atoms with Crippen LogP contribution in [0.4, 0.5) is 5.69 Å². The fraction of sp³-hybridized carbons (Fsp3) is 0.500. The van der Waals surface area contributed by atoms with Crippen LogP contribution in [0.15, 0.2) is 18.2 Å². The number of carbonyl (C=O) groups is 1. The molecule has 0 bridgehead atoms. The second-order valence-electron chi connectivity index (χ2n) is 5.00. The summed E-state index contributed by atoms with van der Waals surface area (Å²) < 4.78 is 5.46. The molecule has 2 aliphatic rings. The number of ether oxygens (including phenoxy) is 1. The standard InChI is InChI=1S/C14H18N2O2/c15-12-4-1-3-10-9-16(7-6-11(10)12)14(17)13-5-2-8-18-13/h1,3-4,13H,2,5-9,15H2. The maximum Gasteiger partial charge on any atom is 0.252 e. The summed E-state index contributed by atoms with van der Waals surface area (Å²) in [4.78, 5) is 14.2. The van der Waals surface area contributed by atoms with Gasteiger partial charge in [0.25, 0.3) is 5.91 Å². The highest BCUT2D eigenvalue weighted by Gasteiger charge is 2.30. The zero-order chi connectivity index (χ0) is 12.5. The van der Waals surface area contributed by atoms with Crippen LogP contribution in [0.2, 0.25) is 0 Å². The molecule has 1 saturated heterocycles. The quantitative estimate of drug-likeness (QED) is 0.761. The predicted octanol–water partition coefficient (Wildman–Crippen LogP) is 1.33. The SMILES string of the molecule is Nc1cccc2c1CCN(C(=O)C1CCCO1)C2. The van der Waals surface area contributed by atoms with E-state index < -0.39 is 0 Å². The molecular weight excluding hydrogens is 228 g/mol. The summed E-state index contributed by atoms with van der Waals surface area (Å²) in [5, 5.41) is 0. The van der Waals surface area contributed by atoms with Gasteiger partial charge in [-0.15, -0.1) is 0 Å². The molecule has 1 aromatic carbocycles. The minimum atomic E-state index is -0.215. The highest BCUT2D eigenvalue weighted by atomic mass is 16.5. The number of amides is 1. The molecule has 4 heteroatoms. The first-order valence-corrected chi connectivity index (χ1v) is 6.52. The Morgan fingerprint density at radius 3 is 3.11 bits per heavy atom. The van der Waals surface area contributed by atoms with Crippen LogP contribution in [0.5, 0.6) is 0 Å². The molecule has 3 rings (SSSR count). The normalized spacial score (nSPS) is 22.9. The summed E-state index contributed by atoms with van der Waals surface area (Å²) in [5.41, 5.74) is 9.18. The van der Waals surface area contributed by atoms with Crippen molar-refractivity contribution >= 4 is 11.6 Å². The molecule has 0 radical (unpaired) electrons. The maximum atomic E-state index is 12.3. The molecule has 0 saturated carbocycles. The Balaban J connectivity index is 1.76. The average molecular weight is 246 g/mol. The number of hydrogen-bond acceptors (Lipinski definition) is 3. The van der Waals surface area contributed by atoms with E-state index in [0.717, 1.165) is 31.5 Å². The van der Waals surface area contributed by atoms with Crippen LogP contribution >= 0.6 is 0 Å². The summed E-state index contributed by atoms with van der Waals surface area (Å²) >= 11 is 0. The number of nitrogens with two attached hydrogens (primary N) is 1. The molecule has 1 atom stereocenters. The molecule has 2 heterocycles. The average Bonchev–Trinajstić information content (AvgIpc) is 2.91. The van der Waals surface area contributed by atoms with Gasteiger partial charge in [-0.1, -0.05) is 12.1 Å². The van der Waals surface area contributed by atoms with Crippen molar-refractivity contribution < 1.29 is 9.53 Å². The van der Waals surface area contributed by atoms with Gasteiger partial charge in [-0.3, -0.25) is 4.79 Å². The van der Waals surface area contributed by atoms with Crippen molar-refractivity contribution in [2.24, 2.45) is 0 Å². The van der Waals surface area contributed by atoms with E-state index in [-0.39, 0.29) is 12.0 Å². The molecule has 2 N–H and O–H groups in total. The third-order valence-corrected chi connectivity index (χ3v) is 3.82. The van der Waals surface area contributed by atoms with E-state index in [0.29, 0.717) is 13.2 Å². The Morgan fingerprint density at radius 1 is 1.44 bits per heavy atom. The molecule has 2 aliphatic heterocycles. The maximum absolute atomic E-state index is 12.3. The minimum Gasteiger partial charge on any atom is -0.398 e. The molecule has 1 fully saturated rings. The van der Waals surface area contributed by atoms with E-state index in [4.69, 9.17) is 10.5 Å². The lowest BCUT2D eigenvalue weighted by atomic mass is 9.97. The third-order valence-electron chi connectivity index (χ3n) is 3.82. The first-order chi connectivity index (χ1) is 8.75. The van der Waals surface area contributed by atoms with Crippen molar-refractivity contribution in [3.8, 4) is 0 Å². The Kier molecular flexibility index (Phi) is 2.96. The van der Waals surface area contributed by atoms with Gasteiger partial charge in [-0.05, 0) is 36.5 Å². The number of fused-ring (bicyclic) bond motifs is 1. The zero-order valence-electron chi connectivity index (χ0n) is 10.4. The second kappa shape index (κ2) is 4.61. The topological polar surface area (TPSA) is 55.6 Å². The van der Waals surface area contributed by atoms with Gasteiger partial charge in [0.15, 0.2) is 0 Å². The Hall–Kier alpha value is -1.55. The highest BCUT2D eigenvalue weighted by Crippen LogP contribution is 2.25. The molecule has 96 valence electrons. The van der Waals surface area contributed by atoms with Crippen LogP contribution in [0.1, 0.15) is 24.0 Å². The van der Waals surface area contributed by atoms with Crippen molar-refractivity contribution in [1.29, 1.82) is 0 Å². The summed E-state index contributed by atoms with van der Waals surface area (Å²) in [6.45, 7) is 2.13. The fourth-order valence-electron chi connectivity index (χ4n) is 2.80. The largest absolute Gasteiger partial charge is 0.398 e. The monoisotopic (exact) mass is 246 g/mol. The van der Waals surface area contributed by atoms with Crippen molar-refractivity contribution in [2.75, 3.05) is 18.9 Å². The van der Waals surface area contributed by atoms with Crippen LogP contribution < -0.4 is 5.73 Å². The summed E-state index contributed by atoms with van der Waals surface area (Å²) in [6, 6.07) is 5.94. The van der Waals surface area contributed by atoms with Crippen LogP contribution in [0, 0.1) is 0 Å². The number of carbonyl (C=O) groups excluding carboxylic acids is 1. The lowest BCUT2D eigenvalue weighted by molar-refractivity contribution is -0.141. The number of nitrogen functional groups attached to an aromatic ring is 1. The summed E-state index contributed by atoms with van der Waals surface area (Å²) in [7, 11) is 0. The Labute approximate surface area is 107 Å². The lowest BCUT2D eigenvalue weighted by Crippen LogP contribution is -2.42. The van der Waals surface area contributed by atoms with E-state index >= 15 is 0 Å². The van der Waals surface area contributed by atoms with E-state index in [1.807, 2.05) is 17.0 Å². The lowest BCUT2D eigenvalue weighted by Gasteiger charge is -2.31. The van der Waals surface area contributed by atoms with Crippen LogP contribution in [0.3, 0.4) is 0 Å². The van der Waals surface area contributed by atoms with Crippen molar-refractivity contribution in [3.63, 3.8) is 0 Å². The molecule has 1 unspecified atom stereocenters. The van der Waals surface area contributed by atoms with Crippen molar-refractivity contribution in [3.05, 3.63) is 29.3 Å². The zero-order valence-corrected chi connectivity index (χ0v) is 10.4. The van der Waals surface area contributed by atoms with Gasteiger partial charge in [0.05, 0.1) is 0 Å². The number of anilines is 1. The second-order valence-corrected chi connectivity index (χ2v) is 5.00. The molecule has 4 nitrogen and oxygen atoms in total. The van der Waals surface area contributed by atoms with Crippen LogP contribution in [-0.4, -0.2) is 30.1 Å². The molecule has 0 aromatic heterocycles. The van der Waals surface area contributed by atoms with E-state index in [2.05, 4.69) is 6.07 Å². The Morgan fingerprint density at radius 2 is 2.33 bits per heavy atom. The van der Waals surface area contributed by atoms with Gasteiger partial charge in [0.2, 0.25) is 0 Å². The molecule has 1 amide bonds. The van der Waals surface area contributed by atoms with Gasteiger partial charge in [-0.2, -0.15) is 0 Å². The first-order valence-electron chi connectivity index (χ1n) is 6.52. The fourth-order valence-corrected chi connectivity index (χ4v) is 2.80. The number of nitrogens with zero attached hydrogens (tertiary/aromatic N) is 1. The van der Waals surface area contributed by atoms with Crippen LogP contribution in [-0.2, 0) is 22.5 Å². The van der Waals surface area contributed by atoms with E-state index in [1.54, 1.807) is 0 Å². The minimum absolute atomic E-state index is 0.139. The van der Waals surface area contributed by atoms with Gasteiger partial charge in [0, 0.05) is 25.4 Å². The molecule has 1 aromatic rings. The van der Waals surface area contributed by atoms with Crippen LogP contribution in [0.25, 0.3) is 0 Å². The number of benzene rings is 1. The highest BCUT2D eigenvalue weighted by molar-refractivity contribution is 5.81. The van der Waals surface area contributed by atoms with Gasteiger partial charge >= 0.3 is 0 Å². The van der Waals surface area contributed by atoms with Gasteiger partial charge in [0.1, 0.15) is 6.10 Å². The molecular formula is C14H18N2O2. The smallest absolute Gasteiger partial charge is 0.252 e. The van der Waals surface area contributed by atoms with Gasteiger partial charge in [-0.25, -0.2) is 0 Å². The van der Waals surface area contributed by atoms with Crippen molar-refractivity contribution in [1.82, 2.24) is 4.90 Å². The first kappa shape index (κ1) is 11.5. The molecule has 0 spiro atoms.